The average Bonchev–Trinajstić information content (AvgIpc) is 3.08. The molecule has 0 unspecified atom stereocenters. The van der Waals surface area contributed by atoms with Crippen molar-refractivity contribution in [1.82, 2.24) is 10.2 Å². The van der Waals surface area contributed by atoms with Gasteiger partial charge < -0.3 is 4.90 Å². The van der Waals surface area contributed by atoms with Crippen LogP contribution in [0, 0.1) is 0 Å². The molecule has 1 saturated heterocycles. The van der Waals surface area contributed by atoms with Gasteiger partial charge in [-0.15, -0.1) is 16.4 Å². The summed E-state index contributed by atoms with van der Waals surface area (Å²) in [4.78, 5) is 3.72. The minimum Gasteiger partial charge on any atom is -0.354 e. The Hall–Kier alpha value is -2.20. The first-order valence-corrected chi connectivity index (χ1v) is 8.46. The third kappa shape index (κ3) is 2.62. The smallest absolute Gasteiger partial charge is 0.159 e. The van der Waals surface area contributed by atoms with Crippen LogP contribution in [-0.2, 0) is 0 Å². The molecule has 1 aliphatic rings. The number of piperidine rings is 1. The van der Waals surface area contributed by atoms with Crippen LogP contribution >= 0.6 is 11.3 Å². The SMILES string of the molecule is C(=C1CCN(c2nncc3ccccc23)CC1)c1cccs1. The van der Waals surface area contributed by atoms with Gasteiger partial charge in [0.1, 0.15) is 0 Å². The van der Waals surface area contributed by atoms with E-state index in [2.05, 4.69) is 56.9 Å². The van der Waals surface area contributed by atoms with Gasteiger partial charge in [0.25, 0.3) is 0 Å². The monoisotopic (exact) mass is 307 g/mol. The van der Waals surface area contributed by atoms with E-state index >= 15 is 0 Å². The van der Waals surface area contributed by atoms with Crippen LogP contribution in [0.3, 0.4) is 0 Å². The second-order valence-electron chi connectivity index (χ2n) is 5.56. The average molecular weight is 307 g/mol. The van der Waals surface area contributed by atoms with E-state index in [9.17, 15) is 0 Å². The zero-order valence-corrected chi connectivity index (χ0v) is 13.1. The number of hydrogen-bond donors (Lipinski definition) is 0. The third-order valence-corrected chi connectivity index (χ3v) is 4.97. The molecular weight excluding hydrogens is 290 g/mol. The van der Waals surface area contributed by atoms with Crippen molar-refractivity contribution in [2.45, 2.75) is 12.8 Å². The Morgan fingerprint density at radius 2 is 1.91 bits per heavy atom. The fraction of sp³-hybridized carbons (Fsp3) is 0.222. The van der Waals surface area contributed by atoms with Crippen molar-refractivity contribution in [3.05, 3.63) is 58.4 Å². The quantitative estimate of drug-likeness (QED) is 0.704. The van der Waals surface area contributed by atoms with E-state index < -0.39 is 0 Å². The zero-order valence-electron chi connectivity index (χ0n) is 12.3. The van der Waals surface area contributed by atoms with Crippen LogP contribution < -0.4 is 4.90 Å². The lowest BCUT2D eigenvalue weighted by atomic mass is 10.0. The molecule has 1 fully saturated rings. The van der Waals surface area contributed by atoms with Crippen LogP contribution in [0.25, 0.3) is 16.8 Å². The lowest BCUT2D eigenvalue weighted by Gasteiger charge is -2.29. The number of anilines is 1. The summed E-state index contributed by atoms with van der Waals surface area (Å²) in [7, 11) is 0. The Labute approximate surface area is 133 Å². The molecule has 4 rings (SSSR count). The van der Waals surface area contributed by atoms with Crippen molar-refractivity contribution in [3.8, 4) is 0 Å². The molecule has 0 amide bonds. The molecule has 0 atom stereocenters. The van der Waals surface area contributed by atoms with Crippen molar-refractivity contribution in [3.63, 3.8) is 0 Å². The highest BCUT2D eigenvalue weighted by Gasteiger charge is 2.17. The molecule has 22 heavy (non-hydrogen) atoms. The van der Waals surface area contributed by atoms with Crippen LogP contribution in [0.1, 0.15) is 17.7 Å². The summed E-state index contributed by atoms with van der Waals surface area (Å²) < 4.78 is 0. The third-order valence-electron chi connectivity index (χ3n) is 4.15. The maximum atomic E-state index is 4.39. The molecule has 0 aliphatic carbocycles. The standard InChI is InChI=1S/C18H17N3S/c1-2-6-17-15(4-1)13-19-20-18(17)21-9-7-14(8-10-21)12-16-5-3-11-22-16/h1-6,11-13H,7-10H2. The van der Waals surface area contributed by atoms with Gasteiger partial charge in [0.15, 0.2) is 5.82 Å². The maximum absolute atomic E-state index is 4.39. The first-order valence-electron chi connectivity index (χ1n) is 7.58. The van der Waals surface area contributed by atoms with Crippen LogP contribution in [0.15, 0.2) is 53.5 Å². The van der Waals surface area contributed by atoms with Crippen LogP contribution in [0.5, 0.6) is 0 Å². The summed E-state index contributed by atoms with van der Waals surface area (Å²) in [5, 5.41) is 13.0. The van der Waals surface area contributed by atoms with Gasteiger partial charge in [-0.3, -0.25) is 0 Å². The molecule has 3 aromatic rings. The Morgan fingerprint density at radius 3 is 2.73 bits per heavy atom. The predicted molar refractivity (Wildman–Crippen MR) is 93.3 cm³/mol. The Kier molecular flexibility index (Phi) is 3.60. The molecule has 0 spiro atoms. The predicted octanol–water partition coefficient (Wildman–Crippen LogP) is 4.38. The normalized spacial score (nSPS) is 15.3. The number of nitrogens with zero attached hydrogens (tertiary/aromatic N) is 3. The minimum atomic E-state index is 1.01. The van der Waals surface area contributed by atoms with E-state index in [-0.39, 0.29) is 0 Å². The summed E-state index contributed by atoms with van der Waals surface area (Å²) in [6.45, 7) is 2.03. The summed E-state index contributed by atoms with van der Waals surface area (Å²) >= 11 is 1.80. The van der Waals surface area contributed by atoms with Crippen molar-refractivity contribution in [1.29, 1.82) is 0 Å². The molecule has 110 valence electrons. The van der Waals surface area contributed by atoms with Gasteiger partial charge in [0.2, 0.25) is 0 Å². The molecule has 0 N–H and O–H groups in total. The van der Waals surface area contributed by atoms with Crippen LogP contribution in [0.2, 0.25) is 0 Å². The van der Waals surface area contributed by atoms with Crippen LogP contribution in [-0.4, -0.2) is 23.3 Å². The van der Waals surface area contributed by atoms with Crippen LogP contribution in [0.4, 0.5) is 5.82 Å². The lowest BCUT2D eigenvalue weighted by Crippen LogP contribution is -2.31. The summed E-state index contributed by atoms with van der Waals surface area (Å²) in [5.74, 6) is 1.02. The van der Waals surface area contributed by atoms with Crippen molar-refractivity contribution < 1.29 is 0 Å². The molecular formula is C18H17N3S. The van der Waals surface area contributed by atoms with Gasteiger partial charge in [0.05, 0.1) is 6.20 Å². The van der Waals surface area contributed by atoms with Gasteiger partial charge in [0, 0.05) is 28.7 Å². The largest absolute Gasteiger partial charge is 0.354 e. The van der Waals surface area contributed by atoms with E-state index in [1.165, 1.54) is 15.8 Å². The number of rotatable bonds is 2. The molecule has 2 aromatic heterocycles. The molecule has 0 bridgehead atoms. The molecule has 0 radical (unpaired) electrons. The minimum absolute atomic E-state index is 1.01. The highest BCUT2D eigenvalue weighted by atomic mass is 32.1. The summed E-state index contributed by atoms with van der Waals surface area (Å²) in [6.07, 6.45) is 6.38. The Bertz CT molecular complexity index is 793. The van der Waals surface area contributed by atoms with E-state index in [1.807, 2.05) is 12.3 Å². The number of benzene rings is 1. The van der Waals surface area contributed by atoms with Gasteiger partial charge in [-0.2, -0.15) is 5.10 Å². The summed E-state index contributed by atoms with van der Waals surface area (Å²) in [5.41, 5.74) is 1.53. The number of fused-ring (bicyclic) bond motifs is 1. The molecule has 1 aromatic carbocycles. The highest BCUT2D eigenvalue weighted by Crippen LogP contribution is 2.28. The second kappa shape index (κ2) is 5.89. The first-order chi connectivity index (χ1) is 10.9. The topological polar surface area (TPSA) is 29.0 Å². The van der Waals surface area contributed by atoms with Gasteiger partial charge in [-0.1, -0.05) is 35.9 Å². The lowest BCUT2D eigenvalue weighted by molar-refractivity contribution is 0.678. The number of thiophene rings is 1. The van der Waals surface area contributed by atoms with E-state index in [4.69, 9.17) is 0 Å². The van der Waals surface area contributed by atoms with Crippen molar-refractivity contribution in [2.24, 2.45) is 0 Å². The molecule has 0 saturated carbocycles. The fourth-order valence-electron chi connectivity index (χ4n) is 2.97. The van der Waals surface area contributed by atoms with Gasteiger partial charge in [-0.05, 0) is 30.4 Å². The second-order valence-corrected chi connectivity index (χ2v) is 6.54. The van der Waals surface area contributed by atoms with Gasteiger partial charge in [-0.25, -0.2) is 0 Å². The summed E-state index contributed by atoms with van der Waals surface area (Å²) in [6, 6.07) is 12.6. The number of aromatic nitrogens is 2. The Morgan fingerprint density at radius 1 is 1.05 bits per heavy atom. The molecule has 3 heterocycles. The fourth-order valence-corrected chi connectivity index (χ4v) is 3.68. The molecule has 1 aliphatic heterocycles. The first kappa shape index (κ1) is 13.5. The molecule has 4 heteroatoms. The van der Waals surface area contributed by atoms with Gasteiger partial charge >= 0.3 is 0 Å². The highest BCUT2D eigenvalue weighted by molar-refractivity contribution is 7.10. The zero-order chi connectivity index (χ0) is 14.8. The van der Waals surface area contributed by atoms with Crippen molar-refractivity contribution in [2.75, 3.05) is 18.0 Å². The maximum Gasteiger partial charge on any atom is 0.159 e. The number of hydrogen-bond acceptors (Lipinski definition) is 4. The Balaban J connectivity index is 1.56. The molecule has 3 nitrogen and oxygen atoms in total. The van der Waals surface area contributed by atoms with E-state index in [1.54, 1.807) is 11.3 Å². The van der Waals surface area contributed by atoms with E-state index in [0.717, 1.165) is 37.1 Å². The van der Waals surface area contributed by atoms with E-state index in [0.29, 0.717) is 0 Å². The van der Waals surface area contributed by atoms with Crippen molar-refractivity contribution >= 4 is 34.0 Å².